The summed E-state index contributed by atoms with van der Waals surface area (Å²) in [5.41, 5.74) is 1.01. The van der Waals surface area contributed by atoms with Gasteiger partial charge in [-0.2, -0.15) is 0 Å². The van der Waals surface area contributed by atoms with Gasteiger partial charge in [0.2, 0.25) is 5.91 Å². The van der Waals surface area contributed by atoms with Gasteiger partial charge in [-0.05, 0) is 31.0 Å². The highest BCUT2D eigenvalue weighted by Crippen LogP contribution is 2.35. The van der Waals surface area contributed by atoms with Crippen LogP contribution in [0.2, 0.25) is 0 Å². The van der Waals surface area contributed by atoms with Crippen LogP contribution in [0.25, 0.3) is 0 Å². The Morgan fingerprint density at radius 3 is 2.81 bits per heavy atom. The molecule has 4 nitrogen and oxygen atoms in total. The van der Waals surface area contributed by atoms with Gasteiger partial charge in [0.1, 0.15) is 11.8 Å². The Bertz CT molecular complexity index is 579. The minimum absolute atomic E-state index is 0.0266. The number of benzene rings is 1. The fourth-order valence-electron chi connectivity index (χ4n) is 2.51. The van der Waals surface area contributed by atoms with Gasteiger partial charge in [-0.25, -0.2) is 0 Å². The molecule has 1 fully saturated rings. The Labute approximate surface area is 124 Å². The maximum absolute atomic E-state index is 12.3. The zero-order valence-electron chi connectivity index (χ0n) is 12.0. The third-order valence-corrected chi connectivity index (χ3v) is 3.70. The Morgan fingerprint density at radius 2 is 2.14 bits per heavy atom. The lowest BCUT2D eigenvalue weighted by Crippen LogP contribution is -2.31. The predicted molar refractivity (Wildman–Crippen MR) is 78.7 cm³/mol. The molecule has 2 aromatic rings. The van der Waals surface area contributed by atoms with E-state index in [1.807, 2.05) is 49.4 Å². The van der Waals surface area contributed by atoms with E-state index in [1.165, 1.54) is 0 Å². The second-order valence-corrected chi connectivity index (χ2v) is 5.20. The molecule has 1 heterocycles. The summed E-state index contributed by atoms with van der Waals surface area (Å²) in [5.74, 6) is 0.730. The van der Waals surface area contributed by atoms with Crippen molar-refractivity contribution in [3.63, 3.8) is 0 Å². The maximum Gasteiger partial charge on any atom is 0.226 e. The van der Waals surface area contributed by atoms with Crippen LogP contribution in [0.5, 0.6) is 0 Å². The Kier molecular flexibility index (Phi) is 4.06. The molecular weight excluding hydrogens is 266 g/mol. The topological polar surface area (TPSA) is 51.5 Å². The summed E-state index contributed by atoms with van der Waals surface area (Å²) in [5, 5.41) is 3.07. The van der Waals surface area contributed by atoms with E-state index in [0.29, 0.717) is 6.61 Å². The second-order valence-electron chi connectivity index (χ2n) is 5.20. The number of carbonyl (C=O) groups is 1. The van der Waals surface area contributed by atoms with Crippen LogP contribution >= 0.6 is 0 Å². The van der Waals surface area contributed by atoms with Crippen LogP contribution in [-0.2, 0) is 9.53 Å². The molecule has 0 aliphatic heterocycles. The van der Waals surface area contributed by atoms with Gasteiger partial charge in [0.25, 0.3) is 0 Å². The molecule has 1 aliphatic rings. The van der Waals surface area contributed by atoms with Crippen molar-refractivity contribution >= 4 is 5.91 Å². The van der Waals surface area contributed by atoms with Crippen LogP contribution in [0.4, 0.5) is 0 Å². The zero-order chi connectivity index (χ0) is 14.7. The van der Waals surface area contributed by atoms with Crippen molar-refractivity contribution in [1.29, 1.82) is 0 Å². The first-order valence-electron chi connectivity index (χ1n) is 7.30. The van der Waals surface area contributed by atoms with Crippen molar-refractivity contribution in [3.8, 4) is 0 Å². The van der Waals surface area contributed by atoms with Gasteiger partial charge in [-0.15, -0.1) is 0 Å². The molecule has 3 rings (SSSR count). The molecule has 1 aromatic carbocycles. The SMILES string of the molecule is CCOC1CC1C(=O)NC(c1ccccc1)c1ccco1. The summed E-state index contributed by atoms with van der Waals surface area (Å²) in [6.45, 7) is 2.59. The molecule has 1 aliphatic carbocycles. The molecule has 3 atom stereocenters. The van der Waals surface area contributed by atoms with Crippen LogP contribution in [0.15, 0.2) is 53.1 Å². The lowest BCUT2D eigenvalue weighted by atomic mass is 10.0. The van der Waals surface area contributed by atoms with Crippen LogP contribution in [0, 0.1) is 5.92 Å². The van der Waals surface area contributed by atoms with Crippen molar-refractivity contribution in [3.05, 3.63) is 60.1 Å². The summed E-state index contributed by atoms with van der Waals surface area (Å²) in [6, 6.07) is 13.3. The molecule has 1 N–H and O–H groups in total. The average Bonchev–Trinajstić information content (AvgIpc) is 3.08. The standard InChI is InChI=1S/C17H19NO3/c1-2-20-15-11-13(15)17(19)18-16(14-9-6-10-21-14)12-7-4-3-5-8-12/h3-10,13,15-16H,2,11H2,1H3,(H,18,19). The molecule has 3 unspecified atom stereocenters. The van der Waals surface area contributed by atoms with E-state index in [9.17, 15) is 4.79 Å². The van der Waals surface area contributed by atoms with Gasteiger partial charge in [0.05, 0.1) is 18.3 Å². The highest BCUT2D eigenvalue weighted by atomic mass is 16.5. The molecule has 0 bridgehead atoms. The Balaban J connectivity index is 1.73. The molecule has 1 aromatic heterocycles. The molecule has 21 heavy (non-hydrogen) atoms. The maximum atomic E-state index is 12.3. The monoisotopic (exact) mass is 285 g/mol. The predicted octanol–water partition coefficient (Wildman–Crippen LogP) is 2.91. The highest BCUT2D eigenvalue weighted by Gasteiger charge is 2.44. The summed E-state index contributed by atoms with van der Waals surface area (Å²) in [4.78, 5) is 12.3. The van der Waals surface area contributed by atoms with Gasteiger partial charge in [0, 0.05) is 6.61 Å². The first-order chi connectivity index (χ1) is 10.3. The molecule has 4 heteroatoms. The lowest BCUT2D eigenvalue weighted by Gasteiger charge is -2.17. The molecular formula is C17H19NO3. The van der Waals surface area contributed by atoms with Gasteiger partial charge in [-0.3, -0.25) is 4.79 Å². The van der Waals surface area contributed by atoms with Gasteiger partial charge in [-0.1, -0.05) is 30.3 Å². The minimum Gasteiger partial charge on any atom is -0.467 e. The minimum atomic E-state index is -0.253. The van der Waals surface area contributed by atoms with Crippen molar-refractivity contribution < 1.29 is 13.9 Å². The first-order valence-corrected chi connectivity index (χ1v) is 7.30. The van der Waals surface area contributed by atoms with Crippen LogP contribution in [0.1, 0.15) is 30.7 Å². The first kappa shape index (κ1) is 13.9. The van der Waals surface area contributed by atoms with Gasteiger partial charge >= 0.3 is 0 Å². The average molecular weight is 285 g/mol. The number of hydrogen-bond donors (Lipinski definition) is 1. The number of carbonyl (C=O) groups excluding carboxylic acids is 1. The highest BCUT2D eigenvalue weighted by molar-refractivity contribution is 5.82. The van der Waals surface area contributed by atoms with Crippen LogP contribution in [0.3, 0.4) is 0 Å². The van der Waals surface area contributed by atoms with E-state index in [2.05, 4.69) is 5.32 Å². The molecule has 110 valence electrons. The number of hydrogen-bond acceptors (Lipinski definition) is 3. The van der Waals surface area contributed by atoms with Crippen LogP contribution in [-0.4, -0.2) is 18.6 Å². The molecule has 0 radical (unpaired) electrons. The summed E-state index contributed by atoms with van der Waals surface area (Å²) in [7, 11) is 0. The normalized spacial score (nSPS) is 21.8. The van der Waals surface area contributed by atoms with E-state index >= 15 is 0 Å². The number of nitrogens with one attached hydrogen (secondary N) is 1. The van der Waals surface area contributed by atoms with Crippen molar-refractivity contribution in [2.24, 2.45) is 5.92 Å². The fraction of sp³-hybridized carbons (Fsp3) is 0.353. The zero-order valence-corrected chi connectivity index (χ0v) is 12.0. The number of furan rings is 1. The smallest absolute Gasteiger partial charge is 0.226 e. The number of amides is 1. The Morgan fingerprint density at radius 1 is 1.33 bits per heavy atom. The lowest BCUT2D eigenvalue weighted by molar-refractivity contribution is -0.123. The fourth-order valence-corrected chi connectivity index (χ4v) is 2.51. The summed E-state index contributed by atoms with van der Waals surface area (Å²) in [6.07, 6.45) is 2.50. The van der Waals surface area contributed by atoms with E-state index in [0.717, 1.165) is 17.7 Å². The van der Waals surface area contributed by atoms with Crippen molar-refractivity contribution in [2.45, 2.75) is 25.5 Å². The van der Waals surface area contributed by atoms with E-state index < -0.39 is 0 Å². The van der Waals surface area contributed by atoms with E-state index in [4.69, 9.17) is 9.15 Å². The summed E-state index contributed by atoms with van der Waals surface area (Å²) < 4.78 is 11.0. The number of ether oxygens (including phenoxy) is 1. The van der Waals surface area contributed by atoms with Gasteiger partial charge < -0.3 is 14.5 Å². The number of rotatable bonds is 6. The molecule has 0 spiro atoms. The van der Waals surface area contributed by atoms with E-state index in [1.54, 1.807) is 6.26 Å². The third kappa shape index (κ3) is 3.16. The van der Waals surface area contributed by atoms with E-state index in [-0.39, 0.29) is 24.0 Å². The molecule has 0 saturated heterocycles. The second kappa shape index (κ2) is 6.14. The van der Waals surface area contributed by atoms with Crippen LogP contribution < -0.4 is 5.32 Å². The Hall–Kier alpha value is -2.07. The van der Waals surface area contributed by atoms with Crippen molar-refractivity contribution in [1.82, 2.24) is 5.32 Å². The summed E-state index contributed by atoms with van der Waals surface area (Å²) >= 11 is 0. The molecule has 1 amide bonds. The third-order valence-electron chi connectivity index (χ3n) is 3.70. The largest absolute Gasteiger partial charge is 0.467 e. The van der Waals surface area contributed by atoms with Gasteiger partial charge in [0.15, 0.2) is 0 Å². The van der Waals surface area contributed by atoms with Crippen molar-refractivity contribution in [2.75, 3.05) is 6.61 Å². The molecule has 1 saturated carbocycles. The quantitative estimate of drug-likeness (QED) is 0.888.